The van der Waals surface area contributed by atoms with E-state index in [9.17, 15) is 13.2 Å². The van der Waals surface area contributed by atoms with Crippen molar-refractivity contribution < 1.29 is 13.2 Å². The SMILES string of the molecule is O=C1C(c2ccccc2)S/C(=N/S(=O)(=O)c2ccc(Br)cc2)N1c1ccccc1. The minimum Gasteiger partial charge on any atom is -0.272 e. The number of amides is 1. The van der Waals surface area contributed by atoms with Crippen LogP contribution in [0.5, 0.6) is 0 Å². The third-order valence-electron chi connectivity index (χ3n) is 4.29. The van der Waals surface area contributed by atoms with Gasteiger partial charge in [0.1, 0.15) is 5.25 Å². The summed E-state index contributed by atoms with van der Waals surface area (Å²) in [5, 5.41) is -0.423. The second-order valence-electron chi connectivity index (χ2n) is 6.22. The lowest BCUT2D eigenvalue weighted by atomic mass is 10.1. The van der Waals surface area contributed by atoms with Crippen LogP contribution >= 0.6 is 27.7 Å². The molecule has 1 saturated heterocycles. The topological polar surface area (TPSA) is 66.8 Å². The van der Waals surface area contributed by atoms with Crippen molar-refractivity contribution in [1.29, 1.82) is 0 Å². The van der Waals surface area contributed by atoms with Crippen molar-refractivity contribution in [2.45, 2.75) is 10.1 Å². The molecule has 4 rings (SSSR count). The van der Waals surface area contributed by atoms with Gasteiger partial charge in [-0.2, -0.15) is 8.42 Å². The van der Waals surface area contributed by atoms with Gasteiger partial charge in [-0.25, -0.2) is 0 Å². The van der Waals surface area contributed by atoms with Crippen LogP contribution in [-0.2, 0) is 14.8 Å². The van der Waals surface area contributed by atoms with Crippen molar-refractivity contribution >= 4 is 54.5 Å². The lowest BCUT2D eigenvalue weighted by molar-refractivity contribution is -0.117. The van der Waals surface area contributed by atoms with Crippen LogP contribution in [-0.4, -0.2) is 19.5 Å². The Morgan fingerprint density at radius 3 is 2.07 bits per heavy atom. The first-order valence-corrected chi connectivity index (χ1v) is 11.8. The van der Waals surface area contributed by atoms with E-state index in [1.807, 2.05) is 36.4 Å². The molecule has 0 radical (unpaired) electrons. The van der Waals surface area contributed by atoms with E-state index in [0.717, 1.165) is 21.8 Å². The lowest BCUT2D eigenvalue weighted by Crippen LogP contribution is -2.30. The number of benzene rings is 3. The highest BCUT2D eigenvalue weighted by molar-refractivity contribution is 9.10. The number of thioether (sulfide) groups is 1. The van der Waals surface area contributed by atoms with E-state index in [4.69, 9.17) is 0 Å². The first kappa shape index (κ1) is 19.9. The van der Waals surface area contributed by atoms with Crippen molar-refractivity contribution in [3.63, 3.8) is 0 Å². The number of amidine groups is 1. The number of nitrogens with zero attached hydrogens (tertiary/aromatic N) is 2. The Hall–Kier alpha value is -2.42. The Kier molecular flexibility index (Phi) is 5.58. The molecule has 0 N–H and O–H groups in total. The molecular weight excluding hydrogens is 472 g/mol. The minimum atomic E-state index is -3.98. The molecule has 146 valence electrons. The molecule has 29 heavy (non-hydrogen) atoms. The highest BCUT2D eigenvalue weighted by atomic mass is 79.9. The van der Waals surface area contributed by atoms with Gasteiger partial charge in [-0.3, -0.25) is 9.69 Å². The summed E-state index contributed by atoms with van der Waals surface area (Å²) < 4.78 is 30.5. The van der Waals surface area contributed by atoms with Crippen LogP contribution in [0.3, 0.4) is 0 Å². The first-order chi connectivity index (χ1) is 14.0. The smallest absolute Gasteiger partial charge is 0.272 e. The number of anilines is 1. The first-order valence-electron chi connectivity index (χ1n) is 8.67. The third kappa shape index (κ3) is 4.14. The van der Waals surface area contributed by atoms with Gasteiger partial charge in [-0.15, -0.1) is 4.40 Å². The van der Waals surface area contributed by atoms with Gasteiger partial charge in [0.05, 0.1) is 10.6 Å². The number of carbonyl (C=O) groups is 1. The van der Waals surface area contributed by atoms with Crippen LogP contribution in [0.4, 0.5) is 5.69 Å². The Morgan fingerprint density at radius 1 is 0.862 bits per heavy atom. The maximum atomic E-state index is 13.2. The normalized spacial score (nSPS) is 18.4. The molecule has 3 aromatic rings. The molecule has 0 bridgehead atoms. The minimum absolute atomic E-state index is 0.0671. The highest BCUT2D eigenvalue weighted by Crippen LogP contribution is 2.42. The van der Waals surface area contributed by atoms with E-state index in [2.05, 4.69) is 20.3 Å². The molecule has 1 aliphatic rings. The second-order valence-corrected chi connectivity index (χ2v) is 9.81. The van der Waals surface area contributed by atoms with Crippen LogP contribution in [0.1, 0.15) is 10.8 Å². The molecular formula is C21H15BrN2O3S2. The average molecular weight is 487 g/mol. The molecule has 8 heteroatoms. The fourth-order valence-corrected chi connectivity index (χ4v) is 5.51. The number of carbonyl (C=O) groups excluding carboxylic acids is 1. The molecule has 1 aliphatic heterocycles. The molecule has 1 unspecified atom stereocenters. The summed E-state index contributed by atoms with van der Waals surface area (Å²) in [6, 6.07) is 24.5. The fraction of sp³-hybridized carbons (Fsp3) is 0.0476. The number of para-hydroxylation sites is 1. The lowest BCUT2D eigenvalue weighted by Gasteiger charge is -2.16. The number of rotatable bonds is 4. The average Bonchev–Trinajstić information content (AvgIpc) is 3.05. The molecule has 1 atom stereocenters. The third-order valence-corrected chi connectivity index (χ3v) is 7.41. The van der Waals surface area contributed by atoms with Gasteiger partial charge < -0.3 is 0 Å². The molecule has 5 nitrogen and oxygen atoms in total. The van der Waals surface area contributed by atoms with Gasteiger partial charge >= 0.3 is 0 Å². The molecule has 1 heterocycles. The summed E-state index contributed by atoms with van der Waals surface area (Å²) in [6.45, 7) is 0. The van der Waals surface area contributed by atoms with E-state index >= 15 is 0 Å². The van der Waals surface area contributed by atoms with Crippen LogP contribution in [0.15, 0.2) is 98.7 Å². The number of sulfonamides is 1. The standard InChI is InChI=1S/C21H15BrN2O3S2/c22-16-11-13-18(14-12-16)29(26,27)23-21-24(17-9-5-2-6-10-17)20(25)19(28-21)15-7-3-1-4-8-15/h1-14,19H/b23-21+. The highest BCUT2D eigenvalue weighted by Gasteiger charge is 2.41. The van der Waals surface area contributed by atoms with Crippen LogP contribution in [0, 0.1) is 0 Å². The van der Waals surface area contributed by atoms with Crippen molar-refractivity contribution in [3.05, 3.63) is 95.0 Å². The van der Waals surface area contributed by atoms with Gasteiger partial charge in [0.25, 0.3) is 15.9 Å². The van der Waals surface area contributed by atoms with E-state index in [0.29, 0.717) is 5.69 Å². The Labute approximate surface area is 181 Å². The molecule has 0 aromatic heterocycles. The Morgan fingerprint density at radius 2 is 1.45 bits per heavy atom. The predicted molar refractivity (Wildman–Crippen MR) is 119 cm³/mol. The Balaban J connectivity index is 1.79. The predicted octanol–water partition coefficient (Wildman–Crippen LogP) is 5.02. The van der Waals surface area contributed by atoms with E-state index in [1.54, 1.807) is 36.4 Å². The molecule has 0 aliphatic carbocycles. The summed E-state index contributed by atoms with van der Waals surface area (Å²) in [6.07, 6.45) is 0. The Bertz CT molecular complexity index is 1170. The maximum absolute atomic E-state index is 13.2. The molecule has 1 amide bonds. The second kappa shape index (κ2) is 8.14. The fourth-order valence-electron chi connectivity index (χ4n) is 2.90. The summed E-state index contributed by atoms with van der Waals surface area (Å²) in [5.41, 5.74) is 1.38. The summed E-state index contributed by atoms with van der Waals surface area (Å²) in [7, 11) is -3.98. The molecule has 3 aromatic carbocycles. The summed E-state index contributed by atoms with van der Waals surface area (Å²) >= 11 is 4.43. The maximum Gasteiger partial charge on any atom is 0.284 e. The molecule has 0 saturated carbocycles. The van der Waals surface area contributed by atoms with E-state index in [-0.39, 0.29) is 16.0 Å². The van der Waals surface area contributed by atoms with Gasteiger partial charge in [0.15, 0.2) is 5.17 Å². The molecule has 0 spiro atoms. The largest absolute Gasteiger partial charge is 0.284 e. The van der Waals surface area contributed by atoms with E-state index in [1.165, 1.54) is 17.0 Å². The zero-order valence-corrected chi connectivity index (χ0v) is 18.2. The number of hydrogen-bond donors (Lipinski definition) is 0. The monoisotopic (exact) mass is 486 g/mol. The van der Waals surface area contributed by atoms with Crippen LogP contribution in [0.2, 0.25) is 0 Å². The number of hydrogen-bond acceptors (Lipinski definition) is 4. The zero-order chi connectivity index (χ0) is 20.4. The van der Waals surface area contributed by atoms with Gasteiger partial charge in [0.2, 0.25) is 0 Å². The van der Waals surface area contributed by atoms with Crippen molar-refractivity contribution in [2.24, 2.45) is 4.40 Å². The number of halogens is 1. The zero-order valence-electron chi connectivity index (χ0n) is 15.0. The molecule has 1 fully saturated rings. The van der Waals surface area contributed by atoms with Gasteiger partial charge in [0, 0.05) is 4.47 Å². The van der Waals surface area contributed by atoms with Crippen molar-refractivity contribution in [3.8, 4) is 0 Å². The quantitative estimate of drug-likeness (QED) is 0.519. The van der Waals surface area contributed by atoms with Crippen molar-refractivity contribution in [1.82, 2.24) is 0 Å². The van der Waals surface area contributed by atoms with Crippen molar-refractivity contribution in [2.75, 3.05) is 4.90 Å². The van der Waals surface area contributed by atoms with Gasteiger partial charge in [-0.05, 0) is 42.0 Å². The van der Waals surface area contributed by atoms with Gasteiger partial charge in [-0.1, -0.05) is 76.2 Å². The van der Waals surface area contributed by atoms with Crippen LogP contribution in [0.25, 0.3) is 0 Å². The summed E-state index contributed by atoms with van der Waals surface area (Å²) in [4.78, 5) is 14.6. The van der Waals surface area contributed by atoms with Crippen LogP contribution < -0.4 is 4.90 Å². The summed E-state index contributed by atoms with van der Waals surface area (Å²) in [5.74, 6) is -0.225. The van der Waals surface area contributed by atoms with E-state index < -0.39 is 15.3 Å².